The summed E-state index contributed by atoms with van der Waals surface area (Å²) in [7, 11) is 0. The van der Waals surface area contributed by atoms with Crippen LogP contribution in [0.4, 0.5) is 5.69 Å². The normalized spacial score (nSPS) is 15.5. The minimum atomic E-state index is -1.03. The van der Waals surface area contributed by atoms with E-state index in [-0.39, 0.29) is 16.5 Å². The van der Waals surface area contributed by atoms with Crippen molar-refractivity contribution in [3.8, 4) is 0 Å². The van der Waals surface area contributed by atoms with E-state index in [1.807, 2.05) is 0 Å². The van der Waals surface area contributed by atoms with Gasteiger partial charge in [-0.3, -0.25) is 4.79 Å². The predicted octanol–water partition coefficient (Wildman–Crippen LogP) is 1.71. The minimum Gasteiger partial charge on any atom is -0.478 e. The van der Waals surface area contributed by atoms with Crippen LogP contribution in [0.25, 0.3) is 0 Å². The van der Waals surface area contributed by atoms with Crippen molar-refractivity contribution in [3.05, 3.63) is 28.8 Å². The predicted molar refractivity (Wildman–Crippen MR) is 72.9 cm³/mol. The monoisotopic (exact) mass is 282 g/mol. The van der Waals surface area contributed by atoms with Crippen LogP contribution >= 0.6 is 11.6 Å². The number of hydrogen-bond donors (Lipinski definition) is 1. The molecule has 1 aromatic carbocycles. The smallest absolute Gasteiger partial charge is 0.337 e. The second-order valence-electron chi connectivity index (χ2n) is 4.46. The summed E-state index contributed by atoms with van der Waals surface area (Å²) in [6.07, 6.45) is 0. The average molecular weight is 283 g/mol. The molecule has 6 heteroatoms. The standard InChI is InChI=1S/C13H15ClN2O3/c1-9(17)15-4-6-16(7-5-15)10-2-3-11(13(18)19)12(14)8-10/h2-3,8H,4-7H2,1H3,(H,18,19). The first-order chi connectivity index (χ1) is 8.99. The van der Waals surface area contributed by atoms with Crippen LogP contribution in [0.3, 0.4) is 0 Å². The van der Waals surface area contributed by atoms with Gasteiger partial charge < -0.3 is 14.9 Å². The summed E-state index contributed by atoms with van der Waals surface area (Å²) in [6.45, 7) is 4.36. The van der Waals surface area contributed by atoms with Gasteiger partial charge in [-0.25, -0.2) is 4.79 Å². The van der Waals surface area contributed by atoms with Gasteiger partial charge >= 0.3 is 5.97 Å². The van der Waals surface area contributed by atoms with Crippen molar-refractivity contribution in [2.45, 2.75) is 6.92 Å². The van der Waals surface area contributed by atoms with Crippen molar-refractivity contribution in [3.63, 3.8) is 0 Å². The van der Waals surface area contributed by atoms with Crippen LogP contribution in [-0.2, 0) is 4.79 Å². The molecule has 0 bridgehead atoms. The number of rotatable bonds is 2. The minimum absolute atomic E-state index is 0.0823. The molecule has 0 saturated carbocycles. The van der Waals surface area contributed by atoms with Crippen LogP contribution in [-0.4, -0.2) is 48.1 Å². The van der Waals surface area contributed by atoms with Crippen LogP contribution in [0.5, 0.6) is 0 Å². The Kier molecular flexibility index (Phi) is 3.95. The van der Waals surface area contributed by atoms with E-state index in [1.165, 1.54) is 6.07 Å². The fraction of sp³-hybridized carbons (Fsp3) is 0.385. The van der Waals surface area contributed by atoms with Crippen LogP contribution in [0.1, 0.15) is 17.3 Å². The highest BCUT2D eigenvalue weighted by molar-refractivity contribution is 6.33. The van der Waals surface area contributed by atoms with E-state index in [2.05, 4.69) is 4.90 Å². The van der Waals surface area contributed by atoms with E-state index in [1.54, 1.807) is 24.0 Å². The molecule has 19 heavy (non-hydrogen) atoms. The van der Waals surface area contributed by atoms with Crippen molar-refractivity contribution in [1.29, 1.82) is 0 Å². The molecule has 0 aromatic heterocycles. The van der Waals surface area contributed by atoms with Crippen LogP contribution < -0.4 is 4.90 Å². The molecule has 0 atom stereocenters. The molecule has 1 aromatic rings. The summed E-state index contributed by atoms with van der Waals surface area (Å²) >= 11 is 5.95. The van der Waals surface area contributed by atoms with Gasteiger partial charge in [0.1, 0.15) is 0 Å². The molecule has 1 saturated heterocycles. The van der Waals surface area contributed by atoms with Crippen molar-refractivity contribution in [2.75, 3.05) is 31.1 Å². The lowest BCUT2D eigenvalue weighted by atomic mass is 10.1. The number of nitrogens with zero attached hydrogens (tertiary/aromatic N) is 2. The third-order valence-electron chi connectivity index (χ3n) is 3.27. The highest BCUT2D eigenvalue weighted by Gasteiger charge is 2.19. The van der Waals surface area contributed by atoms with Crippen molar-refractivity contribution >= 4 is 29.2 Å². The first kappa shape index (κ1) is 13.7. The Morgan fingerprint density at radius 3 is 2.32 bits per heavy atom. The molecule has 0 radical (unpaired) electrons. The van der Waals surface area contributed by atoms with Gasteiger partial charge in [-0.05, 0) is 18.2 Å². The maximum atomic E-state index is 11.2. The molecular formula is C13H15ClN2O3. The lowest BCUT2D eigenvalue weighted by Gasteiger charge is -2.35. The fourth-order valence-corrected chi connectivity index (χ4v) is 2.41. The van der Waals surface area contributed by atoms with Gasteiger partial charge in [0, 0.05) is 38.8 Å². The number of benzene rings is 1. The SMILES string of the molecule is CC(=O)N1CCN(c2ccc(C(=O)O)c(Cl)c2)CC1. The molecule has 1 aliphatic rings. The highest BCUT2D eigenvalue weighted by Crippen LogP contribution is 2.24. The molecule has 1 fully saturated rings. The molecule has 102 valence electrons. The molecule has 5 nitrogen and oxygen atoms in total. The van der Waals surface area contributed by atoms with E-state index in [0.29, 0.717) is 13.1 Å². The zero-order valence-electron chi connectivity index (χ0n) is 10.6. The quantitative estimate of drug-likeness (QED) is 0.897. The van der Waals surface area contributed by atoms with Crippen molar-refractivity contribution in [2.24, 2.45) is 0 Å². The van der Waals surface area contributed by atoms with E-state index >= 15 is 0 Å². The van der Waals surface area contributed by atoms with Crippen LogP contribution in [0.2, 0.25) is 5.02 Å². The first-order valence-electron chi connectivity index (χ1n) is 6.02. The molecule has 2 rings (SSSR count). The number of aromatic carboxylic acids is 1. The fourth-order valence-electron chi connectivity index (χ4n) is 2.15. The molecule has 0 aliphatic carbocycles. The Labute approximate surface area is 116 Å². The number of carbonyl (C=O) groups excluding carboxylic acids is 1. The Morgan fingerprint density at radius 2 is 1.84 bits per heavy atom. The van der Waals surface area contributed by atoms with Crippen molar-refractivity contribution < 1.29 is 14.7 Å². The van der Waals surface area contributed by atoms with Gasteiger partial charge in [-0.15, -0.1) is 0 Å². The van der Waals surface area contributed by atoms with Gasteiger partial charge in [0.05, 0.1) is 10.6 Å². The average Bonchev–Trinajstić information content (AvgIpc) is 2.38. The van der Waals surface area contributed by atoms with E-state index < -0.39 is 5.97 Å². The number of halogens is 1. The summed E-state index contributed by atoms with van der Waals surface area (Å²) in [6, 6.07) is 4.92. The van der Waals surface area contributed by atoms with Crippen LogP contribution in [0.15, 0.2) is 18.2 Å². The molecule has 1 aliphatic heterocycles. The number of carboxylic acids is 1. The number of piperazine rings is 1. The van der Waals surface area contributed by atoms with E-state index in [9.17, 15) is 9.59 Å². The molecule has 1 amide bonds. The molecule has 1 N–H and O–H groups in total. The second-order valence-corrected chi connectivity index (χ2v) is 4.87. The first-order valence-corrected chi connectivity index (χ1v) is 6.40. The lowest BCUT2D eigenvalue weighted by molar-refractivity contribution is -0.129. The van der Waals surface area contributed by atoms with Crippen LogP contribution in [0, 0.1) is 0 Å². The van der Waals surface area contributed by atoms with Crippen molar-refractivity contribution in [1.82, 2.24) is 4.90 Å². The lowest BCUT2D eigenvalue weighted by Crippen LogP contribution is -2.48. The largest absolute Gasteiger partial charge is 0.478 e. The Balaban J connectivity index is 2.10. The third kappa shape index (κ3) is 2.98. The Bertz CT molecular complexity index is 511. The topological polar surface area (TPSA) is 60.9 Å². The zero-order chi connectivity index (χ0) is 14.0. The summed E-state index contributed by atoms with van der Waals surface area (Å²) in [4.78, 5) is 26.0. The second kappa shape index (κ2) is 5.48. The number of amides is 1. The molecule has 0 unspecified atom stereocenters. The molecular weight excluding hydrogens is 268 g/mol. The Morgan fingerprint density at radius 1 is 1.21 bits per heavy atom. The van der Waals surface area contributed by atoms with Gasteiger partial charge in [0.25, 0.3) is 0 Å². The van der Waals surface area contributed by atoms with E-state index in [0.717, 1.165) is 18.8 Å². The van der Waals surface area contributed by atoms with Gasteiger partial charge in [-0.1, -0.05) is 11.6 Å². The van der Waals surface area contributed by atoms with Gasteiger partial charge in [-0.2, -0.15) is 0 Å². The molecule has 0 spiro atoms. The third-order valence-corrected chi connectivity index (χ3v) is 3.59. The number of hydrogen-bond acceptors (Lipinski definition) is 3. The number of anilines is 1. The highest BCUT2D eigenvalue weighted by atomic mass is 35.5. The van der Waals surface area contributed by atoms with E-state index in [4.69, 9.17) is 16.7 Å². The maximum absolute atomic E-state index is 11.2. The molecule has 1 heterocycles. The number of carboxylic acid groups (broad SMARTS) is 1. The zero-order valence-corrected chi connectivity index (χ0v) is 11.4. The summed E-state index contributed by atoms with van der Waals surface area (Å²) in [5.41, 5.74) is 0.992. The summed E-state index contributed by atoms with van der Waals surface area (Å²) < 4.78 is 0. The van der Waals surface area contributed by atoms with Gasteiger partial charge in [0.2, 0.25) is 5.91 Å². The summed E-state index contributed by atoms with van der Waals surface area (Å²) in [5.74, 6) is -0.947. The Hall–Kier alpha value is -1.75. The van der Waals surface area contributed by atoms with Gasteiger partial charge in [0.15, 0.2) is 0 Å². The maximum Gasteiger partial charge on any atom is 0.337 e. The summed E-state index contributed by atoms with van der Waals surface area (Å²) in [5, 5.41) is 9.16. The number of carbonyl (C=O) groups is 2.